The van der Waals surface area contributed by atoms with E-state index in [-0.39, 0.29) is 30.5 Å². The monoisotopic (exact) mass is 583 g/mol. The lowest BCUT2D eigenvalue weighted by atomic mass is 10.1. The van der Waals surface area contributed by atoms with Crippen LogP contribution in [0.3, 0.4) is 0 Å². The van der Waals surface area contributed by atoms with Gasteiger partial charge in [-0.2, -0.15) is 4.98 Å². The average Bonchev–Trinajstić information content (AvgIpc) is 3.49. The lowest BCUT2D eigenvalue weighted by molar-refractivity contribution is 0.0739. The van der Waals surface area contributed by atoms with E-state index in [0.717, 1.165) is 5.56 Å². The molecule has 0 spiro atoms. The highest BCUT2D eigenvalue weighted by Gasteiger charge is 2.17. The van der Waals surface area contributed by atoms with E-state index in [2.05, 4.69) is 42.0 Å². The standard InChI is InChI=1S/C29H34FN5O7/c1-7-25(40-22-11-8-20(9-12-22)26-33-27(17(2)3)42-35-26)19(5)41-34-18(4)21-10-13-24(23(30)16-21)32-28(36)31-14-15-39-29(37)38-6/h8-13,16-17,25H,5,7,14-15H2,1-4,6H3,(H2,31,32,36)/b34-18+. The lowest BCUT2D eigenvalue weighted by Crippen LogP contribution is -2.32. The number of aromatic nitrogens is 2. The number of anilines is 1. The third kappa shape index (κ3) is 9.04. The van der Waals surface area contributed by atoms with Gasteiger partial charge in [-0.15, -0.1) is 0 Å². The van der Waals surface area contributed by atoms with Crippen LogP contribution in [0, 0.1) is 5.82 Å². The fraction of sp³-hybridized carbons (Fsp3) is 0.345. The smallest absolute Gasteiger partial charge is 0.482 e. The molecule has 1 heterocycles. The van der Waals surface area contributed by atoms with Gasteiger partial charge in [0.25, 0.3) is 0 Å². The highest BCUT2D eigenvalue weighted by atomic mass is 19.1. The zero-order chi connectivity index (χ0) is 30.6. The second-order valence-corrected chi connectivity index (χ2v) is 9.26. The van der Waals surface area contributed by atoms with Gasteiger partial charge >= 0.3 is 12.2 Å². The van der Waals surface area contributed by atoms with Crippen LogP contribution >= 0.6 is 0 Å². The SMILES string of the molecule is C=C(O/N=C(\C)c1ccc(NC(=O)NCCOC(=O)OC)c(F)c1)C(CC)Oc1ccc(-c2noc(C(C)C)n2)cc1. The summed E-state index contributed by atoms with van der Waals surface area (Å²) in [4.78, 5) is 32.8. The van der Waals surface area contributed by atoms with Gasteiger partial charge in [-0.3, -0.25) is 0 Å². The fourth-order valence-electron chi connectivity index (χ4n) is 3.42. The van der Waals surface area contributed by atoms with E-state index in [1.165, 1.54) is 19.2 Å². The van der Waals surface area contributed by atoms with Gasteiger partial charge in [0.1, 0.15) is 18.2 Å². The van der Waals surface area contributed by atoms with E-state index >= 15 is 0 Å². The molecular weight excluding hydrogens is 549 g/mol. The Bertz CT molecular complexity index is 1410. The molecule has 13 heteroatoms. The second-order valence-electron chi connectivity index (χ2n) is 9.26. The number of hydrogen-bond acceptors (Lipinski definition) is 10. The summed E-state index contributed by atoms with van der Waals surface area (Å²) in [6, 6.07) is 10.8. The first-order valence-electron chi connectivity index (χ1n) is 13.2. The molecule has 42 heavy (non-hydrogen) atoms. The van der Waals surface area contributed by atoms with Crippen molar-refractivity contribution in [1.82, 2.24) is 15.5 Å². The molecule has 0 bridgehead atoms. The van der Waals surface area contributed by atoms with Crippen LogP contribution in [0.25, 0.3) is 11.4 Å². The number of rotatable bonds is 13. The Morgan fingerprint density at radius 2 is 1.90 bits per heavy atom. The van der Waals surface area contributed by atoms with Crippen LogP contribution in [-0.4, -0.2) is 54.4 Å². The molecule has 0 saturated heterocycles. The maximum atomic E-state index is 14.6. The number of halogens is 1. The van der Waals surface area contributed by atoms with Gasteiger partial charge in [0.05, 0.1) is 25.1 Å². The van der Waals surface area contributed by atoms with E-state index in [1.54, 1.807) is 25.1 Å². The van der Waals surface area contributed by atoms with E-state index in [0.29, 0.717) is 35.2 Å². The van der Waals surface area contributed by atoms with Gasteiger partial charge < -0.3 is 34.2 Å². The summed E-state index contributed by atoms with van der Waals surface area (Å²) in [5, 5.41) is 12.9. The number of nitrogens with one attached hydrogen (secondary N) is 2. The first-order valence-corrected chi connectivity index (χ1v) is 13.2. The Kier molecular flexibility index (Phi) is 11.4. The molecule has 2 amide bonds. The molecule has 12 nitrogen and oxygen atoms in total. The van der Waals surface area contributed by atoms with E-state index in [9.17, 15) is 14.0 Å². The molecule has 2 N–H and O–H groups in total. The van der Waals surface area contributed by atoms with Crippen LogP contribution in [0.4, 0.5) is 19.7 Å². The number of urea groups is 1. The van der Waals surface area contributed by atoms with E-state index in [1.807, 2.05) is 32.9 Å². The van der Waals surface area contributed by atoms with Crippen LogP contribution in [0.5, 0.6) is 5.75 Å². The Morgan fingerprint density at radius 1 is 1.17 bits per heavy atom. The minimum absolute atomic E-state index is 0.0148. The predicted molar refractivity (Wildman–Crippen MR) is 153 cm³/mol. The van der Waals surface area contributed by atoms with Gasteiger partial charge in [0, 0.05) is 17.0 Å². The quantitative estimate of drug-likeness (QED) is 0.0811. The molecule has 1 aromatic heterocycles. The average molecular weight is 584 g/mol. The summed E-state index contributed by atoms with van der Waals surface area (Å²) in [6.07, 6.45) is -0.803. The van der Waals surface area contributed by atoms with Gasteiger partial charge in [0.15, 0.2) is 11.9 Å². The minimum Gasteiger partial charge on any atom is -0.482 e. The number of carbonyl (C=O) groups excluding carboxylic acids is 2. The molecule has 0 aliphatic heterocycles. The van der Waals surface area contributed by atoms with Crippen LogP contribution in [0.1, 0.15) is 51.5 Å². The predicted octanol–water partition coefficient (Wildman–Crippen LogP) is 6.02. The van der Waals surface area contributed by atoms with E-state index < -0.39 is 24.1 Å². The second kappa shape index (κ2) is 15.2. The molecule has 0 aliphatic rings. The maximum Gasteiger partial charge on any atom is 0.508 e. The van der Waals surface area contributed by atoms with Crippen molar-refractivity contribution in [2.24, 2.45) is 5.16 Å². The van der Waals surface area contributed by atoms with Crippen molar-refractivity contribution in [1.29, 1.82) is 0 Å². The number of carbonyl (C=O) groups is 2. The molecule has 0 aliphatic carbocycles. The number of ether oxygens (including phenoxy) is 3. The fourth-order valence-corrected chi connectivity index (χ4v) is 3.42. The molecule has 1 atom stereocenters. The van der Waals surface area contributed by atoms with E-state index in [4.69, 9.17) is 14.1 Å². The van der Waals surface area contributed by atoms with Crippen molar-refractivity contribution in [2.45, 2.75) is 46.1 Å². The first kappa shape index (κ1) is 31.6. The summed E-state index contributed by atoms with van der Waals surface area (Å²) < 4.78 is 34.9. The summed E-state index contributed by atoms with van der Waals surface area (Å²) in [7, 11) is 1.17. The summed E-state index contributed by atoms with van der Waals surface area (Å²) >= 11 is 0. The first-order chi connectivity index (χ1) is 20.1. The van der Waals surface area contributed by atoms with Crippen molar-refractivity contribution in [3.05, 3.63) is 72.1 Å². The van der Waals surface area contributed by atoms with Gasteiger partial charge in [-0.25, -0.2) is 14.0 Å². The lowest BCUT2D eigenvalue weighted by Gasteiger charge is -2.18. The van der Waals surface area contributed by atoms with Crippen molar-refractivity contribution in [3.8, 4) is 17.1 Å². The summed E-state index contributed by atoms with van der Waals surface area (Å²) in [6.45, 7) is 11.4. The number of amides is 2. The Hall–Kier alpha value is -4.94. The number of oxime groups is 1. The van der Waals surface area contributed by atoms with Gasteiger partial charge in [0.2, 0.25) is 11.7 Å². The number of methoxy groups -OCH3 is 1. The summed E-state index contributed by atoms with van der Waals surface area (Å²) in [5.74, 6) is 1.39. The van der Waals surface area contributed by atoms with Crippen LogP contribution < -0.4 is 15.4 Å². The maximum absolute atomic E-state index is 14.6. The number of hydrogen-bond donors (Lipinski definition) is 2. The Labute approximate surface area is 242 Å². The topological polar surface area (TPSA) is 146 Å². The normalized spacial score (nSPS) is 11.9. The Balaban J connectivity index is 1.53. The molecular formula is C29H34FN5O7. The highest BCUT2D eigenvalue weighted by molar-refractivity contribution is 5.99. The molecule has 3 rings (SSSR count). The highest BCUT2D eigenvalue weighted by Crippen LogP contribution is 2.24. The third-order valence-electron chi connectivity index (χ3n) is 5.77. The zero-order valence-electron chi connectivity index (χ0n) is 24.1. The largest absolute Gasteiger partial charge is 0.508 e. The minimum atomic E-state index is -0.867. The molecule has 0 saturated carbocycles. The van der Waals surface area contributed by atoms with Crippen LogP contribution in [0.15, 0.2) is 64.5 Å². The van der Waals surface area contributed by atoms with Crippen LogP contribution in [0.2, 0.25) is 0 Å². The zero-order valence-corrected chi connectivity index (χ0v) is 24.1. The van der Waals surface area contributed by atoms with Gasteiger partial charge in [-0.1, -0.05) is 43.7 Å². The molecule has 3 aromatic rings. The third-order valence-corrected chi connectivity index (χ3v) is 5.77. The van der Waals surface area contributed by atoms with Crippen molar-refractivity contribution < 1.29 is 37.6 Å². The number of benzene rings is 2. The molecule has 1 unspecified atom stereocenters. The number of nitrogens with zero attached hydrogens (tertiary/aromatic N) is 3. The van der Waals surface area contributed by atoms with Crippen molar-refractivity contribution in [3.63, 3.8) is 0 Å². The summed E-state index contributed by atoms with van der Waals surface area (Å²) in [5.41, 5.74) is 1.56. The van der Waals surface area contributed by atoms with Crippen molar-refractivity contribution in [2.75, 3.05) is 25.6 Å². The van der Waals surface area contributed by atoms with Gasteiger partial charge in [-0.05, 0) is 49.7 Å². The molecule has 0 fully saturated rings. The van der Waals surface area contributed by atoms with Crippen molar-refractivity contribution >= 4 is 23.6 Å². The molecule has 2 aromatic carbocycles. The molecule has 0 radical (unpaired) electrons. The molecule has 224 valence electrons. The van der Waals surface area contributed by atoms with Crippen LogP contribution in [-0.2, 0) is 14.3 Å². The Morgan fingerprint density at radius 3 is 2.52 bits per heavy atom.